The van der Waals surface area contributed by atoms with Crippen LogP contribution in [0, 0.1) is 0 Å². The van der Waals surface area contributed by atoms with Crippen molar-refractivity contribution in [1.82, 2.24) is 0 Å². The molecule has 0 heterocycles. The first kappa shape index (κ1) is 21.1. The normalized spacial score (nSPS) is 11.0. The fraction of sp³-hybridized carbons (Fsp3) is 0.286. The van der Waals surface area contributed by atoms with E-state index in [0.29, 0.717) is 36.7 Å². The third-order valence-electron chi connectivity index (χ3n) is 3.61. The molecule has 0 atom stereocenters. The molecule has 148 valence electrons. The number of benzene rings is 2. The van der Waals surface area contributed by atoms with Crippen molar-refractivity contribution in [2.45, 2.75) is 20.3 Å². The van der Waals surface area contributed by atoms with E-state index in [4.69, 9.17) is 14.2 Å². The zero-order chi connectivity index (χ0) is 20.4. The number of carbonyl (C=O) groups excluding carboxylic acids is 2. The Morgan fingerprint density at radius 1 is 0.893 bits per heavy atom. The minimum absolute atomic E-state index is 0.174. The summed E-state index contributed by atoms with van der Waals surface area (Å²) in [6, 6.07) is 13.9. The van der Waals surface area contributed by atoms with E-state index in [1.54, 1.807) is 50.4 Å². The molecule has 0 saturated carbocycles. The van der Waals surface area contributed by atoms with Crippen LogP contribution in [-0.4, -0.2) is 37.8 Å². The van der Waals surface area contributed by atoms with Crippen LogP contribution < -0.4 is 9.47 Å². The van der Waals surface area contributed by atoms with Crippen LogP contribution in [0.5, 0.6) is 17.2 Å². The largest absolute Gasteiger partial charge is 0.491 e. The highest BCUT2D eigenvalue weighted by Gasteiger charge is 2.14. The van der Waals surface area contributed by atoms with Gasteiger partial charge in [-0.15, -0.1) is 0 Å². The maximum absolute atomic E-state index is 12.4. The van der Waals surface area contributed by atoms with Gasteiger partial charge in [0.15, 0.2) is 0 Å². The second kappa shape index (κ2) is 10.8. The van der Waals surface area contributed by atoms with Gasteiger partial charge < -0.3 is 19.0 Å². The summed E-state index contributed by atoms with van der Waals surface area (Å²) in [5.74, 6) is 1.08. The maximum atomic E-state index is 12.4. The summed E-state index contributed by atoms with van der Waals surface area (Å²) in [6.45, 7) is 3.99. The Morgan fingerprint density at radius 2 is 1.46 bits per heavy atom. The number of ether oxygens (including phenoxy) is 3. The van der Waals surface area contributed by atoms with Gasteiger partial charge in [0.05, 0.1) is 6.61 Å². The van der Waals surface area contributed by atoms with Gasteiger partial charge in [-0.25, -0.2) is 4.79 Å². The molecule has 0 amide bonds. The Morgan fingerprint density at radius 3 is 2.00 bits per heavy atom. The van der Waals surface area contributed by atoms with Crippen molar-refractivity contribution in [2.75, 3.05) is 20.3 Å². The van der Waals surface area contributed by atoms with Crippen molar-refractivity contribution in [2.24, 2.45) is 5.16 Å². The lowest BCUT2D eigenvalue weighted by Gasteiger charge is -2.09. The zero-order valence-electron chi connectivity index (χ0n) is 16.1. The molecule has 0 unspecified atom stereocenters. The molecule has 0 N–H and O–H groups in total. The third-order valence-corrected chi connectivity index (χ3v) is 3.61. The van der Waals surface area contributed by atoms with Crippen LogP contribution in [-0.2, 0) is 14.4 Å². The van der Waals surface area contributed by atoms with E-state index in [9.17, 15) is 9.59 Å². The standard InChI is InChI=1S/C21H23NO6/c1-4-20(22-28-15(2)23)21(24)16-5-7-18(8-6-16)27-19-11-9-17(10-12-19)26-14-13-25-3/h5-12H,4,13-14H2,1-3H3/b22-20+. The molecular formula is C21H23NO6. The van der Waals surface area contributed by atoms with Crippen LogP contribution in [0.25, 0.3) is 0 Å². The van der Waals surface area contributed by atoms with Gasteiger partial charge in [-0.3, -0.25) is 4.79 Å². The number of oxime groups is 1. The van der Waals surface area contributed by atoms with Crippen molar-refractivity contribution in [3.05, 3.63) is 54.1 Å². The van der Waals surface area contributed by atoms with Crippen molar-refractivity contribution in [1.29, 1.82) is 0 Å². The lowest BCUT2D eigenvalue weighted by atomic mass is 10.1. The summed E-state index contributed by atoms with van der Waals surface area (Å²) in [5, 5.41) is 3.61. The molecule has 0 saturated heterocycles. The molecule has 28 heavy (non-hydrogen) atoms. The molecule has 7 heteroatoms. The predicted octanol–water partition coefficient (Wildman–Crippen LogP) is 4.02. The number of rotatable bonds is 10. The molecule has 0 spiro atoms. The lowest BCUT2D eigenvalue weighted by Crippen LogP contribution is -2.14. The number of methoxy groups -OCH3 is 1. The van der Waals surface area contributed by atoms with E-state index >= 15 is 0 Å². The number of carbonyl (C=O) groups is 2. The Labute approximate surface area is 163 Å². The zero-order valence-corrected chi connectivity index (χ0v) is 16.1. The monoisotopic (exact) mass is 385 g/mol. The second-order valence-corrected chi connectivity index (χ2v) is 5.74. The second-order valence-electron chi connectivity index (χ2n) is 5.74. The molecule has 0 aliphatic rings. The molecule has 7 nitrogen and oxygen atoms in total. The highest BCUT2D eigenvalue weighted by molar-refractivity contribution is 6.45. The van der Waals surface area contributed by atoms with E-state index in [2.05, 4.69) is 9.99 Å². The van der Waals surface area contributed by atoms with Crippen LogP contribution in [0.3, 0.4) is 0 Å². The molecule has 2 rings (SSSR count). The Balaban J connectivity index is 1.99. The smallest absolute Gasteiger partial charge is 0.331 e. The predicted molar refractivity (Wildman–Crippen MR) is 104 cm³/mol. The average Bonchev–Trinajstić information content (AvgIpc) is 2.70. The first-order valence-electron chi connectivity index (χ1n) is 8.82. The van der Waals surface area contributed by atoms with Gasteiger partial charge in [0, 0.05) is 19.6 Å². The first-order chi connectivity index (χ1) is 13.5. The van der Waals surface area contributed by atoms with E-state index in [-0.39, 0.29) is 11.5 Å². The lowest BCUT2D eigenvalue weighted by molar-refractivity contribution is -0.140. The highest BCUT2D eigenvalue weighted by Crippen LogP contribution is 2.24. The summed E-state index contributed by atoms with van der Waals surface area (Å²) in [6.07, 6.45) is 0.350. The van der Waals surface area contributed by atoms with Crippen LogP contribution in [0.2, 0.25) is 0 Å². The fourth-order valence-corrected chi connectivity index (χ4v) is 2.21. The summed E-state index contributed by atoms with van der Waals surface area (Å²) in [4.78, 5) is 27.8. The topological polar surface area (TPSA) is 83.4 Å². The van der Waals surface area contributed by atoms with E-state index in [1.165, 1.54) is 6.92 Å². The van der Waals surface area contributed by atoms with Gasteiger partial charge in [0.2, 0.25) is 5.78 Å². The number of hydrogen-bond donors (Lipinski definition) is 0. The van der Waals surface area contributed by atoms with Crippen molar-refractivity contribution >= 4 is 17.5 Å². The van der Waals surface area contributed by atoms with E-state index < -0.39 is 5.97 Å². The molecular weight excluding hydrogens is 362 g/mol. The van der Waals surface area contributed by atoms with Gasteiger partial charge in [0.25, 0.3) is 0 Å². The molecule has 0 fully saturated rings. The molecule has 0 bridgehead atoms. The quantitative estimate of drug-likeness (QED) is 0.202. The molecule has 2 aromatic rings. The first-order valence-corrected chi connectivity index (χ1v) is 8.82. The van der Waals surface area contributed by atoms with E-state index in [0.717, 1.165) is 5.75 Å². The maximum Gasteiger partial charge on any atom is 0.331 e. The molecule has 0 aliphatic heterocycles. The highest BCUT2D eigenvalue weighted by atomic mass is 16.7. The summed E-state index contributed by atoms with van der Waals surface area (Å²) in [7, 11) is 1.62. The van der Waals surface area contributed by atoms with Crippen molar-refractivity contribution < 1.29 is 28.6 Å². The number of Topliss-reactive ketones (excluding diaryl/α,β-unsaturated/α-hetero) is 1. The van der Waals surface area contributed by atoms with Crippen molar-refractivity contribution in [3.8, 4) is 17.2 Å². The van der Waals surface area contributed by atoms with E-state index in [1.807, 2.05) is 12.1 Å². The van der Waals surface area contributed by atoms with Gasteiger partial charge in [0.1, 0.15) is 29.6 Å². The minimum atomic E-state index is -0.572. The van der Waals surface area contributed by atoms with Crippen molar-refractivity contribution in [3.63, 3.8) is 0 Å². The van der Waals surface area contributed by atoms with Gasteiger partial charge in [-0.1, -0.05) is 12.1 Å². The number of hydrogen-bond acceptors (Lipinski definition) is 7. The molecule has 0 aliphatic carbocycles. The van der Waals surface area contributed by atoms with Crippen LogP contribution >= 0.6 is 0 Å². The SMILES string of the molecule is CC/C(=N\OC(C)=O)C(=O)c1ccc(Oc2ccc(OCCOC)cc2)cc1. The number of nitrogens with zero attached hydrogens (tertiary/aromatic N) is 1. The Bertz CT molecular complexity index is 812. The van der Waals surface area contributed by atoms with Crippen LogP contribution in [0.15, 0.2) is 53.7 Å². The summed E-state index contributed by atoms with van der Waals surface area (Å²) >= 11 is 0. The summed E-state index contributed by atoms with van der Waals surface area (Å²) in [5.41, 5.74) is 0.606. The van der Waals surface area contributed by atoms with Gasteiger partial charge >= 0.3 is 5.97 Å². The van der Waals surface area contributed by atoms with Crippen LogP contribution in [0.1, 0.15) is 30.6 Å². The van der Waals surface area contributed by atoms with Crippen LogP contribution in [0.4, 0.5) is 0 Å². The molecule has 0 aromatic heterocycles. The Hall–Kier alpha value is -3.19. The van der Waals surface area contributed by atoms with Gasteiger partial charge in [-0.2, -0.15) is 0 Å². The summed E-state index contributed by atoms with van der Waals surface area (Å²) < 4.78 is 16.2. The third kappa shape index (κ3) is 6.51. The Kier molecular flexibility index (Phi) is 8.17. The minimum Gasteiger partial charge on any atom is -0.491 e. The average molecular weight is 385 g/mol. The molecule has 2 aromatic carbocycles. The number of ketones is 1. The van der Waals surface area contributed by atoms with Gasteiger partial charge in [-0.05, 0) is 55.0 Å². The molecule has 0 radical (unpaired) electrons. The fourth-order valence-electron chi connectivity index (χ4n) is 2.21.